The summed E-state index contributed by atoms with van der Waals surface area (Å²) in [5.74, 6) is -0.668. The second-order valence-electron chi connectivity index (χ2n) is 6.41. The standard InChI is InChI=1S/C22H17BrFN3O2/c1-2-29-22(28)15-6-4-14(5-7-15)19-10-9-17-20(26-27-21(17)25-19)16-8-3-13(12-23)11-18(16)24/h3-11H,2,12H2,1H3,(H,25,26,27). The number of H-pyrrole nitrogens is 1. The molecule has 0 fully saturated rings. The molecular formula is C22H17BrFN3O2. The molecule has 7 heteroatoms. The van der Waals surface area contributed by atoms with Gasteiger partial charge in [0.15, 0.2) is 5.65 Å². The lowest BCUT2D eigenvalue weighted by molar-refractivity contribution is 0.0526. The van der Waals surface area contributed by atoms with Crippen molar-refractivity contribution >= 4 is 32.9 Å². The molecule has 4 aromatic rings. The van der Waals surface area contributed by atoms with Crippen molar-refractivity contribution in [3.8, 4) is 22.5 Å². The first-order chi connectivity index (χ1) is 14.1. The Morgan fingerprint density at radius 3 is 2.62 bits per heavy atom. The van der Waals surface area contributed by atoms with Gasteiger partial charge in [-0.25, -0.2) is 14.2 Å². The van der Waals surface area contributed by atoms with Crippen LogP contribution >= 0.6 is 15.9 Å². The first kappa shape index (κ1) is 19.3. The van der Waals surface area contributed by atoms with E-state index < -0.39 is 0 Å². The van der Waals surface area contributed by atoms with Crippen LogP contribution in [0.3, 0.4) is 0 Å². The molecule has 0 amide bonds. The van der Waals surface area contributed by atoms with Crippen LogP contribution in [0.5, 0.6) is 0 Å². The Labute approximate surface area is 175 Å². The minimum atomic E-state index is -0.354. The lowest BCUT2D eigenvalue weighted by atomic mass is 10.0. The fourth-order valence-corrected chi connectivity index (χ4v) is 3.45. The second kappa shape index (κ2) is 8.13. The monoisotopic (exact) mass is 453 g/mol. The quantitative estimate of drug-likeness (QED) is 0.319. The van der Waals surface area contributed by atoms with Crippen molar-refractivity contribution in [2.24, 2.45) is 0 Å². The van der Waals surface area contributed by atoms with Crippen LogP contribution < -0.4 is 0 Å². The smallest absolute Gasteiger partial charge is 0.338 e. The third-order valence-electron chi connectivity index (χ3n) is 4.57. The van der Waals surface area contributed by atoms with Gasteiger partial charge in [-0.3, -0.25) is 5.10 Å². The summed E-state index contributed by atoms with van der Waals surface area (Å²) in [5.41, 5.74) is 4.44. The Kier molecular flexibility index (Phi) is 5.40. The predicted molar refractivity (Wildman–Crippen MR) is 113 cm³/mol. The highest BCUT2D eigenvalue weighted by molar-refractivity contribution is 9.08. The molecule has 0 bridgehead atoms. The lowest BCUT2D eigenvalue weighted by Gasteiger charge is -2.05. The van der Waals surface area contributed by atoms with Crippen LogP contribution in [-0.4, -0.2) is 27.8 Å². The fraction of sp³-hybridized carbons (Fsp3) is 0.136. The molecule has 2 aromatic heterocycles. The van der Waals surface area contributed by atoms with Crippen LogP contribution in [0.15, 0.2) is 54.6 Å². The first-order valence-electron chi connectivity index (χ1n) is 9.08. The molecule has 0 saturated heterocycles. The van der Waals surface area contributed by atoms with Gasteiger partial charge in [-0.2, -0.15) is 5.10 Å². The molecule has 0 aliphatic rings. The summed E-state index contributed by atoms with van der Waals surface area (Å²) in [6, 6.07) is 15.9. The van der Waals surface area contributed by atoms with E-state index in [4.69, 9.17) is 4.74 Å². The normalized spacial score (nSPS) is 11.0. The molecule has 0 saturated carbocycles. The largest absolute Gasteiger partial charge is 0.462 e. The summed E-state index contributed by atoms with van der Waals surface area (Å²) in [6.45, 7) is 2.10. The summed E-state index contributed by atoms with van der Waals surface area (Å²) >= 11 is 3.33. The zero-order valence-corrected chi connectivity index (χ0v) is 17.2. The van der Waals surface area contributed by atoms with Crippen molar-refractivity contribution in [3.63, 3.8) is 0 Å². The second-order valence-corrected chi connectivity index (χ2v) is 6.97. The number of alkyl halides is 1. The molecule has 0 radical (unpaired) electrons. The van der Waals surface area contributed by atoms with Crippen molar-refractivity contribution in [1.29, 1.82) is 0 Å². The van der Waals surface area contributed by atoms with Gasteiger partial charge in [0.25, 0.3) is 0 Å². The number of aromatic amines is 1. The van der Waals surface area contributed by atoms with Crippen LogP contribution in [-0.2, 0) is 10.1 Å². The van der Waals surface area contributed by atoms with E-state index in [1.54, 1.807) is 25.1 Å². The van der Waals surface area contributed by atoms with Crippen molar-refractivity contribution in [3.05, 3.63) is 71.5 Å². The molecule has 5 nitrogen and oxygen atoms in total. The number of fused-ring (bicyclic) bond motifs is 1. The fourth-order valence-electron chi connectivity index (χ4n) is 3.10. The molecule has 2 heterocycles. The molecule has 0 unspecified atom stereocenters. The maximum absolute atomic E-state index is 14.5. The molecule has 0 atom stereocenters. The average Bonchev–Trinajstić information content (AvgIpc) is 3.17. The number of rotatable bonds is 5. The Balaban J connectivity index is 1.67. The summed E-state index contributed by atoms with van der Waals surface area (Å²) in [7, 11) is 0. The number of pyridine rings is 1. The first-order valence-corrected chi connectivity index (χ1v) is 10.2. The highest BCUT2D eigenvalue weighted by Crippen LogP contribution is 2.30. The van der Waals surface area contributed by atoms with Gasteiger partial charge in [0, 0.05) is 21.8 Å². The highest BCUT2D eigenvalue weighted by Gasteiger charge is 2.14. The number of carbonyl (C=O) groups excluding carboxylic acids is 1. The van der Waals surface area contributed by atoms with Crippen molar-refractivity contribution < 1.29 is 13.9 Å². The van der Waals surface area contributed by atoms with Crippen LogP contribution in [0, 0.1) is 5.82 Å². The Morgan fingerprint density at radius 2 is 1.93 bits per heavy atom. The number of hydrogen-bond donors (Lipinski definition) is 1. The highest BCUT2D eigenvalue weighted by atomic mass is 79.9. The number of halogens is 2. The zero-order chi connectivity index (χ0) is 20.4. The molecular weight excluding hydrogens is 437 g/mol. The minimum absolute atomic E-state index is 0.314. The van der Waals surface area contributed by atoms with E-state index in [2.05, 4.69) is 31.1 Å². The molecule has 0 aliphatic carbocycles. The predicted octanol–water partition coefficient (Wildman–Crippen LogP) is 5.50. The number of nitrogens with one attached hydrogen (secondary N) is 1. The van der Waals surface area contributed by atoms with Crippen LogP contribution in [0.25, 0.3) is 33.5 Å². The van der Waals surface area contributed by atoms with Crippen molar-refractivity contribution in [1.82, 2.24) is 15.2 Å². The van der Waals surface area contributed by atoms with E-state index in [9.17, 15) is 9.18 Å². The number of esters is 1. The van der Waals surface area contributed by atoms with Crippen molar-refractivity contribution in [2.75, 3.05) is 6.61 Å². The van der Waals surface area contributed by atoms with E-state index in [0.29, 0.717) is 40.1 Å². The molecule has 4 rings (SSSR count). The Hall–Kier alpha value is -3.06. The van der Waals surface area contributed by atoms with Gasteiger partial charge in [0.05, 0.1) is 23.6 Å². The third-order valence-corrected chi connectivity index (χ3v) is 5.21. The summed E-state index contributed by atoms with van der Waals surface area (Å²) < 4.78 is 19.5. The maximum Gasteiger partial charge on any atom is 0.338 e. The number of aromatic nitrogens is 3. The molecule has 0 spiro atoms. The molecule has 0 aliphatic heterocycles. The number of nitrogens with zero attached hydrogens (tertiary/aromatic N) is 2. The van der Waals surface area contributed by atoms with E-state index in [-0.39, 0.29) is 11.8 Å². The maximum atomic E-state index is 14.5. The van der Waals surface area contributed by atoms with Gasteiger partial charge < -0.3 is 4.74 Å². The molecule has 2 aromatic carbocycles. The van der Waals surface area contributed by atoms with E-state index >= 15 is 0 Å². The van der Waals surface area contributed by atoms with E-state index in [1.807, 2.05) is 30.3 Å². The van der Waals surface area contributed by atoms with Gasteiger partial charge in [0.1, 0.15) is 5.82 Å². The van der Waals surface area contributed by atoms with Crippen LogP contribution in [0.4, 0.5) is 4.39 Å². The minimum Gasteiger partial charge on any atom is -0.462 e. The topological polar surface area (TPSA) is 67.9 Å². The molecule has 29 heavy (non-hydrogen) atoms. The number of ether oxygens (including phenoxy) is 1. The van der Waals surface area contributed by atoms with Gasteiger partial charge in [-0.05, 0) is 48.9 Å². The number of carbonyl (C=O) groups is 1. The van der Waals surface area contributed by atoms with E-state index in [1.165, 1.54) is 6.07 Å². The van der Waals surface area contributed by atoms with Crippen molar-refractivity contribution in [2.45, 2.75) is 12.3 Å². The molecule has 1 N–H and O–H groups in total. The summed E-state index contributed by atoms with van der Waals surface area (Å²) in [5, 5.41) is 8.48. The number of benzene rings is 2. The Bertz CT molecular complexity index is 1190. The van der Waals surface area contributed by atoms with Crippen LogP contribution in [0.1, 0.15) is 22.8 Å². The van der Waals surface area contributed by atoms with Gasteiger partial charge in [0.2, 0.25) is 0 Å². The zero-order valence-electron chi connectivity index (χ0n) is 15.6. The lowest BCUT2D eigenvalue weighted by Crippen LogP contribution is -2.04. The van der Waals surface area contributed by atoms with Crippen LogP contribution in [0.2, 0.25) is 0 Å². The molecule has 146 valence electrons. The number of hydrogen-bond acceptors (Lipinski definition) is 4. The van der Waals surface area contributed by atoms with Gasteiger partial charge in [-0.15, -0.1) is 0 Å². The Morgan fingerprint density at radius 1 is 1.14 bits per heavy atom. The summed E-state index contributed by atoms with van der Waals surface area (Å²) in [4.78, 5) is 16.4. The van der Waals surface area contributed by atoms with E-state index in [0.717, 1.165) is 16.5 Å². The van der Waals surface area contributed by atoms with Gasteiger partial charge in [-0.1, -0.05) is 34.1 Å². The average molecular weight is 454 g/mol. The summed E-state index contributed by atoms with van der Waals surface area (Å²) in [6.07, 6.45) is 0. The van der Waals surface area contributed by atoms with Gasteiger partial charge >= 0.3 is 5.97 Å². The SMILES string of the molecule is CCOC(=O)c1ccc(-c2ccc3c(-c4ccc(CBr)cc4F)[nH]nc3n2)cc1. The third kappa shape index (κ3) is 3.78.